The zero-order valence-electron chi connectivity index (χ0n) is 11.6. The summed E-state index contributed by atoms with van der Waals surface area (Å²) in [4.78, 5) is 27.2. The molecule has 0 atom stereocenters. The van der Waals surface area contributed by atoms with Crippen molar-refractivity contribution in [2.75, 3.05) is 0 Å². The maximum atomic E-state index is 12.5. The fourth-order valence-corrected chi connectivity index (χ4v) is 2.52. The highest BCUT2D eigenvalue weighted by atomic mass is 35.5. The Labute approximate surface area is 122 Å². The third-order valence-corrected chi connectivity index (χ3v) is 3.58. The summed E-state index contributed by atoms with van der Waals surface area (Å²) >= 11 is 5.98. The van der Waals surface area contributed by atoms with Crippen LogP contribution in [0.4, 0.5) is 0 Å². The van der Waals surface area contributed by atoms with E-state index in [0.29, 0.717) is 17.7 Å². The van der Waals surface area contributed by atoms with Crippen molar-refractivity contribution in [1.29, 1.82) is 0 Å². The molecule has 0 amide bonds. The molecule has 20 heavy (non-hydrogen) atoms. The minimum atomic E-state index is -0.499. The van der Waals surface area contributed by atoms with Gasteiger partial charge in [-0.25, -0.2) is 9.36 Å². The van der Waals surface area contributed by atoms with Crippen LogP contribution in [0.25, 0.3) is 5.69 Å². The van der Waals surface area contributed by atoms with E-state index in [0.717, 1.165) is 18.4 Å². The van der Waals surface area contributed by atoms with Crippen molar-refractivity contribution in [3.63, 3.8) is 0 Å². The third-order valence-electron chi connectivity index (χ3n) is 3.26. The summed E-state index contributed by atoms with van der Waals surface area (Å²) in [7, 11) is 0. The second-order valence-corrected chi connectivity index (χ2v) is 4.97. The topological polar surface area (TPSA) is 54.9 Å². The molecule has 0 unspecified atom stereocenters. The second-order valence-electron chi connectivity index (χ2n) is 4.60. The van der Waals surface area contributed by atoms with E-state index < -0.39 is 5.69 Å². The van der Waals surface area contributed by atoms with E-state index >= 15 is 0 Å². The van der Waals surface area contributed by atoms with E-state index in [2.05, 4.69) is 4.98 Å². The maximum Gasteiger partial charge on any atom is 0.334 e. The zero-order valence-corrected chi connectivity index (χ0v) is 12.3. The van der Waals surface area contributed by atoms with Crippen LogP contribution in [0.5, 0.6) is 0 Å². The van der Waals surface area contributed by atoms with Crippen LogP contribution in [-0.4, -0.2) is 9.55 Å². The monoisotopic (exact) mass is 292 g/mol. The fourth-order valence-electron chi connectivity index (χ4n) is 2.26. The Morgan fingerprint density at radius 1 is 1.20 bits per heavy atom. The van der Waals surface area contributed by atoms with Crippen molar-refractivity contribution < 1.29 is 0 Å². The molecule has 0 radical (unpaired) electrons. The summed E-state index contributed by atoms with van der Waals surface area (Å²) in [5.74, 6) is 0. The Balaban J connectivity index is 2.78. The number of rotatable bonds is 4. The lowest BCUT2D eigenvalue weighted by molar-refractivity contribution is 0.805. The number of aromatic nitrogens is 2. The molecule has 1 heterocycles. The van der Waals surface area contributed by atoms with Gasteiger partial charge in [0.25, 0.3) is 5.56 Å². The molecule has 0 aliphatic rings. The number of nitrogens with zero attached hydrogens (tertiary/aromatic N) is 1. The molecule has 0 aliphatic carbocycles. The molecule has 1 aromatic heterocycles. The molecule has 0 aliphatic heterocycles. The molecule has 0 bridgehead atoms. The van der Waals surface area contributed by atoms with Crippen LogP contribution in [0.15, 0.2) is 33.9 Å². The SMILES string of the molecule is CCCc1c(Cl)[nH]c(=O)n(-c2ccccc2CC)c1=O. The number of para-hydroxylation sites is 1. The number of H-pyrrole nitrogens is 1. The van der Waals surface area contributed by atoms with Gasteiger partial charge in [0, 0.05) is 0 Å². The first kappa shape index (κ1) is 14.6. The summed E-state index contributed by atoms with van der Waals surface area (Å²) in [6, 6.07) is 7.40. The first-order valence-corrected chi connectivity index (χ1v) is 7.09. The number of nitrogens with one attached hydrogen (secondary N) is 1. The number of aromatic amines is 1. The molecule has 4 nitrogen and oxygen atoms in total. The van der Waals surface area contributed by atoms with Gasteiger partial charge in [-0.1, -0.05) is 50.1 Å². The van der Waals surface area contributed by atoms with Crippen molar-refractivity contribution in [2.45, 2.75) is 33.1 Å². The zero-order chi connectivity index (χ0) is 14.7. The molecule has 1 N–H and O–H groups in total. The largest absolute Gasteiger partial charge is 0.334 e. The fraction of sp³-hybridized carbons (Fsp3) is 0.333. The van der Waals surface area contributed by atoms with E-state index in [4.69, 9.17) is 11.6 Å². The average Bonchev–Trinajstić information content (AvgIpc) is 2.44. The molecule has 1 aromatic carbocycles. The summed E-state index contributed by atoms with van der Waals surface area (Å²) in [5.41, 5.74) is 1.20. The van der Waals surface area contributed by atoms with Gasteiger partial charge in [-0.15, -0.1) is 0 Å². The highest BCUT2D eigenvalue weighted by molar-refractivity contribution is 6.30. The minimum Gasteiger partial charge on any atom is -0.297 e. The number of hydrogen-bond donors (Lipinski definition) is 1. The first-order valence-electron chi connectivity index (χ1n) is 6.72. The molecule has 5 heteroatoms. The van der Waals surface area contributed by atoms with Crippen molar-refractivity contribution in [3.8, 4) is 5.69 Å². The molecule has 2 rings (SSSR count). The Kier molecular flexibility index (Phi) is 4.45. The quantitative estimate of drug-likeness (QED) is 0.881. The smallest absolute Gasteiger partial charge is 0.297 e. The molecule has 0 saturated heterocycles. The van der Waals surface area contributed by atoms with Gasteiger partial charge < -0.3 is 0 Å². The molecular weight excluding hydrogens is 276 g/mol. The van der Waals surface area contributed by atoms with Gasteiger partial charge in [-0.05, 0) is 24.5 Å². The van der Waals surface area contributed by atoms with Crippen LogP contribution in [0.3, 0.4) is 0 Å². The van der Waals surface area contributed by atoms with Gasteiger partial charge in [0.2, 0.25) is 0 Å². The van der Waals surface area contributed by atoms with Crippen LogP contribution in [0.2, 0.25) is 5.15 Å². The van der Waals surface area contributed by atoms with Gasteiger partial charge in [-0.3, -0.25) is 9.78 Å². The van der Waals surface area contributed by atoms with Gasteiger partial charge in [0.05, 0.1) is 11.3 Å². The van der Waals surface area contributed by atoms with Gasteiger partial charge >= 0.3 is 5.69 Å². The number of aryl methyl sites for hydroxylation is 1. The Hall–Kier alpha value is -1.81. The standard InChI is InChI=1S/C15H17ClN2O2/c1-3-7-11-13(16)17-15(20)18(14(11)19)12-9-6-5-8-10(12)4-2/h5-6,8-9H,3-4,7H2,1-2H3,(H,17,20). The third kappa shape index (κ3) is 2.56. The van der Waals surface area contributed by atoms with E-state index in [1.807, 2.05) is 32.0 Å². The predicted molar refractivity (Wildman–Crippen MR) is 81.0 cm³/mol. The lowest BCUT2D eigenvalue weighted by atomic mass is 10.1. The summed E-state index contributed by atoms with van der Waals surface area (Å²) in [6.45, 7) is 3.95. The highest BCUT2D eigenvalue weighted by Gasteiger charge is 2.14. The van der Waals surface area contributed by atoms with Crippen LogP contribution in [0, 0.1) is 0 Å². The average molecular weight is 293 g/mol. The van der Waals surface area contributed by atoms with Crippen molar-refractivity contribution in [3.05, 3.63) is 61.4 Å². The number of benzene rings is 1. The minimum absolute atomic E-state index is 0.145. The Morgan fingerprint density at radius 2 is 1.90 bits per heavy atom. The molecule has 106 valence electrons. The lowest BCUT2D eigenvalue weighted by Gasteiger charge is -2.11. The summed E-state index contributed by atoms with van der Waals surface area (Å²) < 4.78 is 1.18. The summed E-state index contributed by atoms with van der Waals surface area (Å²) in [6.07, 6.45) is 2.08. The normalized spacial score (nSPS) is 10.8. The molecule has 0 saturated carbocycles. The van der Waals surface area contributed by atoms with E-state index in [1.54, 1.807) is 6.07 Å². The highest BCUT2D eigenvalue weighted by Crippen LogP contribution is 2.14. The summed E-state index contributed by atoms with van der Waals surface area (Å²) in [5, 5.41) is 0.145. The molecule has 0 fully saturated rings. The van der Waals surface area contributed by atoms with Crippen molar-refractivity contribution in [1.82, 2.24) is 9.55 Å². The molecule has 2 aromatic rings. The van der Waals surface area contributed by atoms with Gasteiger partial charge in [-0.2, -0.15) is 0 Å². The maximum absolute atomic E-state index is 12.5. The van der Waals surface area contributed by atoms with Gasteiger partial charge in [0.1, 0.15) is 5.15 Å². The number of halogens is 1. The molecular formula is C15H17ClN2O2. The van der Waals surface area contributed by atoms with Crippen LogP contribution in [-0.2, 0) is 12.8 Å². The Bertz CT molecular complexity index is 731. The van der Waals surface area contributed by atoms with Crippen LogP contribution >= 0.6 is 11.6 Å². The predicted octanol–water partition coefficient (Wildman–Crippen LogP) is 2.69. The van der Waals surface area contributed by atoms with E-state index in [9.17, 15) is 9.59 Å². The first-order chi connectivity index (χ1) is 9.60. The molecule has 0 spiro atoms. The van der Waals surface area contributed by atoms with Crippen molar-refractivity contribution in [2.24, 2.45) is 0 Å². The van der Waals surface area contributed by atoms with E-state index in [-0.39, 0.29) is 10.7 Å². The second kappa shape index (κ2) is 6.09. The lowest BCUT2D eigenvalue weighted by Crippen LogP contribution is -2.36. The van der Waals surface area contributed by atoms with Crippen LogP contribution in [0.1, 0.15) is 31.4 Å². The number of hydrogen-bond acceptors (Lipinski definition) is 2. The van der Waals surface area contributed by atoms with Crippen LogP contribution < -0.4 is 11.2 Å². The van der Waals surface area contributed by atoms with Gasteiger partial charge in [0.15, 0.2) is 0 Å². The Morgan fingerprint density at radius 3 is 2.55 bits per heavy atom. The van der Waals surface area contributed by atoms with Crippen molar-refractivity contribution >= 4 is 11.6 Å². The van der Waals surface area contributed by atoms with E-state index in [1.165, 1.54) is 4.57 Å².